The Balaban J connectivity index is 1.24. The smallest absolute Gasteiger partial charge is 0.0366 e. The van der Waals surface area contributed by atoms with Crippen molar-refractivity contribution in [3.8, 4) is 0 Å². The fraction of sp³-hybridized carbons (Fsp3) is 0.727. The van der Waals surface area contributed by atoms with E-state index >= 15 is 0 Å². The molecule has 0 N–H and O–H groups in total. The van der Waals surface area contributed by atoms with Gasteiger partial charge in [-0.05, 0) is 75.6 Å². The summed E-state index contributed by atoms with van der Waals surface area (Å²) < 4.78 is 0. The molecule has 1 aromatic carbocycles. The molecule has 0 amide bonds. The van der Waals surface area contributed by atoms with Gasteiger partial charge >= 0.3 is 0 Å². The summed E-state index contributed by atoms with van der Waals surface area (Å²) in [5.41, 5.74) is 1.42. The van der Waals surface area contributed by atoms with Gasteiger partial charge in [-0.1, -0.05) is 37.5 Å². The standard InChI is InChI=1S/C22H34N2/c1-3-7-21(8-4-1)23-15-11-19(12-16-23)20-13-17-24(18-14-20)22-9-5-2-6-10-22/h1,3-4,7-8,19-20,22H,2,5-6,9-18H2. The topological polar surface area (TPSA) is 6.48 Å². The van der Waals surface area contributed by atoms with Gasteiger partial charge < -0.3 is 9.80 Å². The highest BCUT2D eigenvalue weighted by Crippen LogP contribution is 2.35. The summed E-state index contributed by atoms with van der Waals surface area (Å²) >= 11 is 0. The van der Waals surface area contributed by atoms with Crippen molar-refractivity contribution in [1.82, 2.24) is 4.90 Å². The molecular formula is C22H34N2. The summed E-state index contributed by atoms with van der Waals surface area (Å²) in [6.07, 6.45) is 13.1. The molecule has 2 aliphatic heterocycles. The quantitative estimate of drug-likeness (QED) is 0.775. The van der Waals surface area contributed by atoms with Gasteiger partial charge in [0.05, 0.1) is 0 Å². The van der Waals surface area contributed by atoms with Crippen molar-refractivity contribution < 1.29 is 0 Å². The van der Waals surface area contributed by atoms with Crippen LogP contribution in [0, 0.1) is 11.8 Å². The summed E-state index contributed by atoms with van der Waals surface area (Å²) in [6, 6.07) is 11.9. The summed E-state index contributed by atoms with van der Waals surface area (Å²) in [5, 5.41) is 0. The molecule has 0 spiro atoms. The average Bonchev–Trinajstić information content (AvgIpc) is 2.70. The monoisotopic (exact) mass is 326 g/mol. The zero-order valence-electron chi connectivity index (χ0n) is 15.2. The van der Waals surface area contributed by atoms with Crippen LogP contribution in [-0.2, 0) is 0 Å². The number of rotatable bonds is 3. The van der Waals surface area contributed by atoms with E-state index in [1.807, 2.05) is 0 Å². The van der Waals surface area contributed by atoms with Crippen LogP contribution in [0.25, 0.3) is 0 Å². The molecule has 2 saturated heterocycles. The second kappa shape index (κ2) is 7.91. The van der Waals surface area contributed by atoms with Crippen LogP contribution in [0.3, 0.4) is 0 Å². The lowest BCUT2D eigenvalue weighted by molar-refractivity contribution is 0.0821. The predicted molar refractivity (Wildman–Crippen MR) is 103 cm³/mol. The molecule has 3 aliphatic rings. The molecule has 2 heterocycles. The fourth-order valence-electron chi connectivity index (χ4n) is 5.47. The lowest BCUT2D eigenvalue weighted by atomic mass is 9.78. The maximum Gasteiger partial charge on any atom is 0.0366 e. The molecule has 2 heteroatoms. The third kappa shape index (κ3) is 3.79. The van der Waals surface area contributed by atoms with Gasteiger partial charge in [-0.15, -0.1) is 0 Å². The van der Waals surface area contributed by atoms with Crippen LogP contribution in [0.4, 0.5) is 5.69 Å². The summed E-state index contributed by atoms with van der Waals surface area (Å²) in [7, 11) is 0. The molecule has 1 aliphatic carbocycles. The minimum atomic E-state index is 0.930. The number of benzene rings is 1. The molecule has 3 fully saturated rings. The Hall–Kier alpha value is -1.02. The van der Waals surface area contributed by atoms with E-state index in [1.165, 1.54) is 89.7 Å². The van der Waals surface area contributed by atoms with Crippen LogP contribution in [-0.4, -0.2) is 37.1 Å². The van der Waals surface area contributed by atoms with Crippen molar-refractivity contribution in [2.45, 2.75) is 63.8 Å². The largest absolute Gasteiger partial charge is 0.372 e. The SMILES string of the molecule is c1ccc(N2CCC(C3CCN(C4CCCCC4)CC3)CC2)cc1. The Morgan fingerprint density at radius 2 is 1.21 bits per heavy atom. The number of piperidine rings is 2. The molecule has 0 radical (unpaired) electrons. The van der Waals surface area contributed by atoms with E-state index in [4.69, 9.17) is 0 Å². The van der Waals surface area contributed by atoms with Gasteiger partial charge in [0.25, 0.3) is 0 Å². The number of hydrogen-bond acceptors (Lipinski definition) is 2. The van der Waals surface area contributed by atoms with Crippen LogP contribution in [0.1, 0.15) is 57.8 Å². The second-order valence-corrected chi connectivity index (χ2v) is 8.33. The van der Waals surface area contributed by atoms with E-state index in [2.05, 4.69) is 40.1 Å². The first-order chi connectivity index (χ1) is 11.9. The van der Waals surface area contributed by atoms with Gasteiger partial charge in [0.1, 0.15) is 0 Å². The van der Waals surface area contributed by atoms with Crippen molar-refractivity contribution in [1.29, 1.82) is 0 Å². The second-order valence-electron chi connectivity index (χ2n) is 8.33. The highest BCUT2D eigenvalue weighted by Gasteiger charge is 2.31. The number of anilines is 1. The Bertz CT molecular complexity index is 478. The van der Waals surface area contributed by atoms with Crippen LogP contribution in [0.5, 0.6) is 0 Å². The fourth-order valence-corrected chi connectivity index (χ4v) is 5.47. The van der Waals surface area contributed by atoms with Crippen molar-refractivity contribution in [3.63, 3.8) is 0 Å². The Kier molecular flexibility index (Phi) is 5.42. The van der Waals surface area contributed by atoms with E-state index in [0.29, 0.717) is 0 Å². The maximum absolute atomic E-state index is 2.84. The van der Waals surface area contributed by atoms with Crippen molar-refractivity contribution in [2.24, 2.45) is 11.8 Å². The van der Waals surface area contributed by atoms with Crippen molar-refractivity contribution >= 4 is 5.69 Å². The molecule has 4 rings (SSSR count). The summed E-state index contributed by atoms with van der Waals surface area (Å²) in [5.74, 6) is 1.99. The Morgan fingerprint density at radius 1 is 0.625 bits per heavy atom. The first-order valence-corrected chi connectivity index (χ1v) is 10.4. The number of likely N-dealkylation sites (tertiary alicyclic amines) is 1. The van der Waals surface area contributed by atoms with Crippen LogP contribution in [0.15, 0.2) is 30.3 Å². The minimum Gasteiger partial charge on any atom is -0.372 e. The Labute approximate surface area is 148 Å². The molecule has 0 atom stereocenters. The summed E-state index contributed by atoms with van der Waals surface area (Å²) in [6.45, 7) is 5.29. The molecule has 24 heavy (non-hydrogen) atoms. The van der Waals surface area contributed by atoms with E-state index in [1.54, 1.807) is 0 Å². The lowest BCUT2D eigenvalue weighted by Gasteiger charge is -2.43. The molecule has 2 nitrogen and oxygen atoms in total. The third-order valence-corrected chi connectivity index (χ3v) is 6.99. The molecule has 0 unspecified atom stereocenters. The maximum atomic E-state index is 2.84. The van der Waals surface area contributed by atoms with Crippen LogP contribution in [0.2, 0.25) is 0 Å². The molecule has 132 valence electrons. The average molecular weight is 327 g/mol. The predicted octanol–water partition coefficient (Wildman–Crippen LogP) is 4.95. The number of nitrogens with zero attached hydrogens (tertiary/aromatic N) is 2. The molecule has 0 aromatic heterocycles. The normalized spacial score (nSPS) is 25.9. The first kappa shape index (κ1) is 16.4. The van der Waals surface area contributed by atoms with E-state index in [-0.39, 0.29) is 0 Å². The zero-order valence-corrected chi connectivity index (χ0v) is 15.2. The third-order valence-electron chi connectivity index (χ3n) is 6.99. The molecular weight excluding hydrogens is 292 g/mol. The van der Waals surface area contributed by atoms with Gasteiger partial charge in [0, 0.05) is 24.8 Å². The highest BCUT2D eigenvalue weighted by atomic mass is 15.2. The van der Waals surface area contributed by atoms with Crippen molar-refractivity contribution in [2.75, 3.05) is 31.1 Å². The number of hydrogen-bond donors (Lipinski definition) is 0. The first-order valence-electron chi connectivity index (χ1n) is 10.4. The van der Waals surface area contributed by atoms with E-state index in [9.17, 15) is 0 Å². The van der Waals surface area contributed by atoms with E-state index < -0.39 is 0 Å². The minimum absolute atomic E-state index is 0.930. The molecule has 0 bridgehead atoms. The summed E-state index contributed by atoms with van der Waals surface area (Å²) in [4.78, 5) is 5.43. The highest BCUT2D eigenvalue weighted by molar-refractivity contribution is 5.46. The van der Waals surface area contributed by atoms with Crippen molar-refractivity contribution in [3.05, 3.63) is 30.3 Å². The molecule has 1 saturated carbocycles. The van der Waals surface area contributed by atoms with E-state index in [0.717, 1.165) is 17.9 Å². The molecule has 1 aromatic rings. The van der Waals surface area contributed by atoms with Gasteiger partial charge in [-0.25, -0.2) is 0 Å². The lowest BCUT2D eigenvalue weighted by Crippen LogP contribution is -2.45. The van der Waals surface area contributed by atoms with Gasteiger partial charge in [0.2, 0.25) is 0 Å². The van der Waals surface area contributed by atoms with Crippen LogP contribution >= 0.6 is 0 Å². The van der Waals surface area contributed by atoms with Gasteiger partial charge in [0.15, 0.2) is 0 Å². The number of para-hydroxylation sites is 1. The zero-order chi connectivity index (χ0) is 16.2. The van der Waals surface area contributed by atoms with Crippen LogP contribution < -0.4 is 4.90 Å². The van der Waals surface area contributed by atoms with Gasteiger partial charge in [-0.3, -0.25) is 0 Å². The van der Waals surface area contributed by atoms with Gasteiger partial charge in [-0.2, -0.15) is 0 Å². The Morgan fingerprint density at radius 3 is 1.83 bits per heavy atom.